The second kappa shape index (κ2) is 15.6. The fraction of sp³-hybridized carbons (Fsp3) is 0.590. The predicted octanol–water partition coefficient (Wildman–Crippen LogP) is 5.51. The number of benzene rings is 1. The van der Waals surface area contributed by atoms with Crippen LogP contribution in [0.5, 0.6) is 0 Å². The molecular formula is C39H52N4O6. The first-order chi connectivity index (χ1) is 23.0. The summed E-state index contributed by atoms with van der Waals surface area (Å²) in [6.45, 7) is 13.2. The monoisotopic (exact) mass is 672 g/mol. The highest BCUT2D eigenvalue weighted by Crippen LogP contribution is 2.35. The van der Waals surface area contributed by atoms with Crippen LogP contribution in [0.2, 0.25) is 0 Å². The fourth-order valence-corrected chi connectivity index (χ4v) is 6.59. The van der Waals surface area contributed by atoms with Crippen molar-refractivity contribution >= 4 is 34.9 Å². The van der Waals surface area contributed by atoms with Gasteiger partial charge in [-0.15, -0.1) is 0 Å². The van der Waals surface area contributed by atoms with Crippen molar-refractivity contribution in [2.75, 3.05) is 0 Å². The Morgan fingerprint density at radius 2 is 1.59 bits per heavy atom. The Balaban J connectivity index is 1.61. The lowest BCUT2D eigenvalue weighted by atomic mass is 9.76. The summed E-state index contributed by atoms with van der Waals surface area (Å²) in [6.07, 6.45) is 7.49. The summed E-state index contributed by atoms with van der Waals surface area (Å²) in [7, 11) is 0. The minimum absolute atomic E-state index is 0.121. The summed E-state index contributed by atoms with van der Waals surface area (Å²) in [5.41, 5.74) is 0.621. The van der Waals surface area contributed by atoms with E-state index in [0.717, 1.165) is 24.0 Å². The van der Waals surface area contributed by atoms with Crippen molar-refractivity contribution < 1.29 is 28.8 Å². The number of nitrogens with one attached hydrogen (secondary N) is 1. The number of Topliss-reactive ketones (excluding diaryl/α,β-unsaturated/α-hetero) is 4. The van der Waals surface area contributed by atoms with E-state index in [2.05, 4.69) is 15.3 Å². The maximum atomic E-state index is 14.7. The highest BCUT2D eigenvalue weighted by Gasteiger charge is 2.44. The van der Waals surface area contributed by atoms with Crippen molar-refractivity contribution in [1.82, 2.24) is 20.2 Å². The quantitative estimate of drug-likeness (QED) is 0.193. The molecule has 1 saturated carbocycles. The lowest BCUT2D eigenvalue weighted by Crippen LogP contribution is -2.60. The van der Waals surface area contributed by atoms with E-state index < -0.39 is 58.1 Å². The SMILES string of the molecule is CCC[C@H](CC(=O)[C@@H]1Cc2ccccc2CN1C(=O)C(NC(=O)[C@@H](CC(=O)c1cnccn1)C(C)(C)C)C(C)(C)C)C(=O)C(=O)CC1CC1. The lowest BCUT2D eigenvalue weighted by molar-refractivity contribution is -0.148. The molecule has 2 amide bonds. The van der Waals surface area contributed by atoms with Gasteiger partial charge < -0.3 is 10.2 Å². The third kappa shape index (κ3) is 9.76. The molecule has 0 saturated heterocycles. The van der Waals surface area contributed by atoms with Crippen molar-refractivity contribution in [3.8, 4) is 0 Å². The second-order valence-electron chi connectivity index (χ2n) is 16.0. The van der Waals surface area contributed by atoms with Crippen LogP contribution < -0.4 is 5.32 Å². The largest absolute Gasteiger partial charge is 0.344 e. The molecule has 2 aromatic rings. The van der Waals surface area contributed by atoms with E-state index in [4.69, 9.17) is 0 Å². The molecule has 0 bridgehead atoms. The standard InChI is InChI=1S/C39H52N4O6/c1-8-11-26(34(47)33(46)18-24-14-15-24)20-32(45)30-19-25-12-9-10-13-27(25)23-43(30)37(49)35(39(5,6)7)42-36(48)28(38(2,3)4)21-31(44)29-22-40-16-17-41-29/h9-10,12-13,16-17,22,24,26,28,30,35H,8,11,14-15,18-21,23H2,1-7H3,(H,42,48)/t26-,28-,30+,35?/m1/s1. The number of amides is 2. The summed E-state index contributed by atoms with van der Waals surface area (Å²) in [4.78, 5) is 91.7. The summed E-state index contributed by atoms with van der Waals surface area (Å²) in [6, 6.07) is 5.75. The molecule has 10 heteroatoms. The van der Waals surface area contributed by atoms with Gasteiger partial charge in [-0.25, -0.2) is 4.98 Å². The minimum atomic E-state index is -1.02. The van der Waals surface area contributed by atoms with Gasteiger partial charge in [-0.3, -0.25) is 33.8 Å². The molecule has 49 heavy (non-hydrogen) atoms. The first-order valence-electron chi connectivity index (χ1n) is 17.6. The van der Waals surface area contributed by atoms with Gasteiger partial charge in [0.2, 0.25) is 17.6 Å². The molecule has 1 unspecified atom stereocenters. The van der Waals surface area contributed by atoms with Crippen LogP contribution in [0.1, 0.15) is 115 Å². The summed E-state index contributed by atoms with van der Waals surface area (Å²) in [5, 5.41) is 2.99. The number of hydrogen-bond donors (Lipinski definition) is 1. The van der Waals surface area contributed by atoms with Gasteiger partial charge in [0.15, 0.2) is 17.3 Å². The number of hydrogen-bond acceptors (Lipinski definition) is 8. The van der Waals surface area contributed by atoms with E-state index >= 15 is 0 Å². The van der Waals surface area contributed by atoms with Gasteiger partial charge >= 0.3 is 0 Å². The summed E-state index contributed by atoms with van der Waals surface area (Å²) >= 11 is 0. The molecule has 0 radical (unpaired) electrons. The van der Waals surface area contributed by atoms with Gasteiger partial charge in [0.25, 0.3) is 0 Å². The van der Waals surface area contributed by atoms with Crippen LogP contribution in [0.3, 0.4) is 0 Å². The van der Waals surface area contributed by atoms with Crippen LogP contribution in [-0.4, -0.2) is 61.9 Å². The number of aromatic nitrogens is 2. The van der Waals surface area contributed by atoms with E-state index in [1.807, 2.05) is 72.7 Å². The first kappa shape index (κ1) is 37.7. The maximum Gasteiger partial charge on any atom is 0.246 e. The van der Waals surface area contributed by atoms with E-state index in [9.17, 15) is 28.8 Å². The Morgan fingerprint density at radius 3 is 2.16 bits per heavy atom. The highest BCUT2D eigenvalue weighted by molar-refractivity contribution is 6.38. The van der Waals surface area contributed by atoms with Crippen molar-refractivity contribution in [2.45, 2.75) is 118 Å². The number of ketones is 4. The van der Waals surface area contributed by atoms with Gasteiger partial charge in [0.1, 0.15) is 11.7 Å². The second-order valence-corrected chi connectivity index (χ2v) is 16.0. The molecule has 2 aliphatic rings. The van der Waals surface area contributed by atoms with Crippen LogP contribution in [0.15, 0.2) is 42.9 Å². The fourth-order valence-electron chi connectivity index (χ4n) is 6.59. The van der Waals surface area contributed by atoms with Crippen molar-refractivity contribution in [3.05, 3.63) is 59.7 Å². The van der Waals surface area contributed by atoms with Gasteiger partial charge in [-0.2, -0.15) is 0 Å². The third-order valence-corrected chi connectivity index (χ3v) is 9.80. The number of nitrogens with zero attached hydrogens (tertiary/aromatic N) is 3. The molecule has 1 N–H and O–H groups in total. The van der Waals surface area contributed by atoms with Gasteiger partial charge in [-0.1, -0.05) is 79.2 Å². The van der Waals surface area contributed by atoms with Crippen molar-refractivity contribution in [1.29, 1.82) is 0 Å². The summed E-state index contributed by atoms with van der Waals surface area (Å²) in [5.74, 6) is -3.58. The molecule has 0 spiro atoms. The molecule has 1 aliphatic heterocycles. The van der Waals surface area contributed by atoms with Crippen molar-refractivity contribution in [2.24, 2.45) is 28.6 Å². The first-order valence-corrected chi connectivity index (χ1v) is 17.6. The number of carbonyl (C=O) groups is 6. The third-order valence-electron chi connectivity index (χ3n) is 9.80. The van der Waals surface area contributed by atoms with Crippen LogP contribution in [0.25, 0.3) is 0 Å². The zero-order chi connectivity index (χ0) is 36.1. The molecule has 1 aromatic heterocycles. The van der Waals surface area contributed by atoms with E-state index in [1.54, 1.807) is 0 Å². The summed E-state index contributed by atoms with van der Waals surface area (Å²) < 4.78 is 0. The molecule has 264 valence electrons. The van der Waals surface area contributed by atoms with Gasteiger partial charge in [-0.05, 0) is 47.1 Å². The minimum Gasteiger partial charge on any atom is -0.344 e. The molecular weight excluding hydrogens is 620 g/mol. The number of rotatable bonds is 15. The Bertz CT molecular complexity index is 1550. The maximum absolute atomic E-state index is 14.7. The zero-order valence-electron chi connectivity index (χ0n) is 30.1. The van der Waals surface area contributed by atoms with Crippen LogP contribution >= 0.6 is 0 Å². The lowest BCUT2D eigenvalue weighted by Gasteiger charge is -2.42. The number of carbonyl (C=O) groups excluding carboxylic acids is 6. The molecule has 1 fully saturated rings. The molecule has 4 rings (SSSR count). The van der Waals surface area contributed by atoms with Gasteiger partial charge in [0.05, 0.1) is 18.2 Å². The normalized spacial score (nSPS) is 18.1. The van der Waals surface area contributed by atoms with Gasteiger partial charge in [0, 0.05) is 50.5 Å². The molecule has 1 aromatic carbocycles. The molecule has 2 heterocycles. The Morgan fingerprint density at radius 1 is 0.918 bits per heavy atom. The van der Waals surface area contributed by atoms with E-state index in [-0.39, 0.29) is 55.4 Å². The van der Waals surface area contributed by atoms with E-state index in [1.165, 1.54) is 23.5 Å². The topological polar surface area (TPSA) is 143 Å². The Labute approximate surface area is 290 Å². The molecule has 10 nitrogen and oxygen atoms in total. The average Bonchev–Trinajstić information content (AvgIpc) is 3.87. The Hall–Kier alpha value is -4.08. The number of fused-ring (bicyclic) bond motifs is 1. The average molecular weight is 673 g/mol. The smallest absolute Gasteiger partial charge is 0.246 e. The van der Waals surface area contributed by atoms with Crippen LogP contribution in [0.4, 0.5) is 0 Å². The zero-order valence-corrected chi connectivity index (χ0v) is 30.1. The van der Waals surface area contributed by atoms with Crippen LogP contribution in [-0.2, 0) is 36.9 Å². The van der Waals surface area contributed by atoms with Crippen LogP contribution in [0, 0.1) is 28.6 Å². The van der Waals surface area contributed by atoms with E-state index in [0.29, 0.717) is 12.8 Å². The molecule has 4 atom stereocenters. The van der Waals surface area contributed by atoms with Crippen molar-refractivity contribution in [3.63, 3.8) is 0 Å². The molecule has 1 aliphatic carbocycles. The Kier molecular flexibility index (Phi) is 12.0. The highest BCUT2D eigenvalue weighted by atomic mass is 16.2. The predicted molar refractivity (Wildman–Crippen MR) is 185 cm³/mol.